The summed E-state index contributed by atoms with van der Waals surface area (Å²) in [6.45, 7) is 0.347. The second-order valence-electron chi connectivity index (χ2n) is 6.18. The van der Waals surface area contributed by atoms with E-state index in [0.29, 0.717) is 28.6 Å². The molecule has 3 rings (SSSR count). The van der Waals surface area contributed by atoms with E-state index >= 15 is 0 Å². The van der Waals surface area contributed by atoms with Gasteiger partial charge in [0, 0.05) is 11.6 Å². The third-order valence-electron chi connectivity index (χ3n) is 4.46. The van der Waals surface area contributed by atoms with E-state index in [1.54, 1.807) is 37.4 Å². The molecule has 1 heterocycles. The van der Waals surface area contributed by atoms with E-state index in [1.165, 1.54) is 7.11 Å². The highest BCUT2D eigenvalue weighted by Gasteiger charge is 2.41. The minimum absolute atomic E-state index is 0.0332. The Bertz CT molecular complexity index is 837. The molecule has 0 unspecified atom stereocenters. The van der Waals surface area contributed by atoms with Crippen molar-refractivity contribution in [2.75, 3.05) is 14.2 Å². The Kier molecular flexibility index (Phi) is 5.86. The van der Waals surface area contributed by atoms with Gasteiger partial charge < -0.3 is 19.5 Å². The van der Waals surface area contributed by atoms with Gasteiger partial charge in [-0.15, -0.1) is 0 Å². The number of esters is 1. The molecule has 1 amide bonds. The zero-order valence-electron chi connectivity index (χ0n) is 15.0. The molecule has 7 heteroatoms. The molecule has 1 fully saturated rings. The van der Waals surface area contributed by atoms with E-state index in [2.05, 4.69) is 5.32 Å². The Hall–Kier alpha value is -2.73. The average molecular weight is 390 g/mol. The summed E-state index contributed by atoms with van der Waals surface area (Å²) in [6, 6.07) is 12.4. The van der Waals surface area contributed by atoms with Crippen molar-refractivity contribution in [3.63, 3.8) is 0 Å². The Balaban J connectivity index is 1.74. The van der Waals surface area contributed by atoms with Crippen LogP contribution in [0.3, 0.4) is 0 Å². The van der Waals surface area contributed by atoms with Crippen LogP contribution < -0.4 is 14.8 Å². The first kappa shape index (κ1) is 19.0. The van der Waals surface area contributed by atoms with Crippen molar-refractivity contribution < 1.29 is 23.8 Å². The molecule has 27 heavy (non-hydrogen) atoms. The topological polar surface area (TPSA) is 73.9 Å². The van der Waals surface area contributed by atoms with Gasteiger partial charge in [0.1, 0.15) is 6.10 Å². The third-order valence-corrected chi connectivity index (χ3v) is 4.72. The highest BCUT2D eigenvalue weighted by Crippen LogP contribution is 2.39. The van der Waals surface area contributed by atoms with E-state index in [0.717, 1.165) is 5.56 Å². The van der Waals surface area contributed by atoms with E-state index in [-0.39, 0.29) is 12.3 Å². The zero-order chi connectivity index (χ0) is 19.4. The summed E-state index contributed by atoms with van der Waals surface area (Å²) in [4.78, 5) is 24.5. The lowest BCUT2D eigenvalue weighted by molar-refractivity contribution is -0.141. The monoisotopic (exact) mass is 389 g/mol. The van der Waals surface area contributed by atoms with Crippen molar-refractivity contribution in [2.45, 2.75) is 19.1 Å². The number of benzene rings is 2. The van der Waals surface area contributed by atoms with Crippen LogP contribution in [-0.4, -0.2) is 26.1 Å². The van der Waals surface area contributed by atoms with Crippen LogP contribution in [0.2, 0.25) is 5.02 Å². The number of ether oxygens (including phenoxy) is 3. The number of carbonyl (C=O) groups is 2. The van der Waals surface area contributed by atoms with Gasteiger partial charge in [0.25, 0.3) is 0 Å². The van der Waals surface area contributed by atoms with Crippen molar-refractivity contribution in [1.29, 1.82) is 0 Å². The van der Waals surface area contributed by atoms with Gasteiger partial charge >= 0.3 is 5.97 Å². The summed E-state index contributed by atoms with van der Waals surface area (Å²) in [7, 11) is 3.07. The maximum absolute atomic E-state index is 12.7. The second kappa shape index (κ2) is 8.31. The van der Waals surface area contributed by atoms with Crippen LogP contribution in [-0.2, 0) is 20.9 Å². The molecule has 0 bridgehead atoms. The first-order chi connectivity index (χ1) is 13.0. The van der Waals surface area contributed by atoms with Gasteiger partial charge in [-0.05, 0) is 35.4 Å². The predicted octanol–water partition coefficient (Wildman–Crippen LogP) is 3.28. The van der Waals surface area contributed by atoms with E-state index in [9.17, 15) is 9.59 Å². The van der Waals surface area contributed by atoms with Crippen molar-refractivity contribution in [3.05, 3.63) is 58.6 Å². The summed E-state index contributed by atoms with van der Waals surface area (Å²) in [5.74, 6) is -0.174. The number of methoxy groups -OCH3 is 2. The Labute approximate surface area is 162 Å². The molecular weight excluding hydrogens is 370 g/mol. The fourth-order valence-electron chi connectivity index (χ4n) is 3.04. The quantitative estimate of drug-likeness (QED) is 0.767. The van der Waals surface area contributed by atoms with Crippen LogP contribution in [0, 0.1) is 5.92 Å². The minimum Gasteiger partial charge on any atom is -0.493 e. The molecule has 0 spiro atoms. The molecule has 0 aliphatic carbocycles. The minimum atomic E-state index is -0.664. The fraction of sp³-hybridized carbons (Fsp3) is 0.300. The summed E-state index contributed by atoms with van der Waals surface area (Å²) in [5.41, 5.74) is 1.60. The number of amides is 1. The van der Waals surface area contributed by atoms with Gasteiger partial charge in [-0.1, -0.05) is 29.8 Å². The number of rotatable bonds is 6. The Morgan fingerprint density at radius 1 is 1.15 bits per heavy atom. The summed E-state index contributed by atoms with van der Waals surface area (Å²) < 4.78 is 15.9. The molecule has 1 N–H and O–H groups in total. The molecule has 6 nitrogen and oxygen atoms in total. The Morgan fingerprint density at radius 2 is 1.85 bits per heavy atom. The molecule has 1 aliphatic heterocycles. The predicted molar refractivity (Wildman–Crippen MR) is 99.8 cm³/mol. The standard InChI is InChI=1S/C20H20ClNO5/c1-25-16-8-5-13(9-17(16)26-2)19-15(10-18(23)27-19)20(24)22-11-12-3-6-14(21)7-4-12/h3-9,15,19H,10-11H2,1-2H3,(H,22,24)/t15-,19-/m1/s1. The normalized spacial score (nSPS) is 18.7. The van der Waals surface area contributed by atoms with Crippen LogP contribution in [0.15, 0.2) is 42.5 Å². The van der Waals surface area contributed by atoms with Crippen LogP contribution in [0.25, 0.3) is 0 Å². The van der Waals surface area contributed by atoms with E-state index < -0.39 is 18.0 Å². The number of hydrogen-bond acceptors (Lipinski definition) is 5. The second-order valence-corrected chi connectivity index (χ2v) is 6.62. The summed E-state index contributed by atoms with van der Waals surface area (Å²) in [5, 5.41) is 3.49. The maximum Gasteiger partial charge on any atom is 0.307 e. The van der Waals surface area contributed by atoms with E-state index in [4.69, 9.17) is 25.8 Å². The SMILES string of the molecule is COc1ccc([C@H]2OC(=O)C[C@H]2C(=O)NCc2ccc(Cl)cc2)cc1OC. The number of cyclic esters (lactones) is 1. The van der Waals surface area contributed by atoms with Crippen LogP contribution >= 0.6 is 11.6 Å². The van der Waals surface area contributed by atoms with Gasteiger partial charge in [-0.2, -0.15) is 0 Å². The first-order valence-electron chi connectivity index (χ1n) is 8.45. The van der Waals surface area contributed by atoms with Gasteiger partial charge in [-0.3, -0.25) is 9.59 Å². The molecule has 142 valence electrons. The van der Waals surface area contributed by atoms with Gasteiger partial charge in [0.15, 0.2) is 11.5 Å². The Morgan fingerprint density at radius 3 is 2.52 bits per heavy atom. The summed E-state index contributed by atoms with van der Waals surface area (Å²) >= 11 is 5.87. The fourth-order valence-corrected chi connectivity index (χ4v) is 3.17. The lowest BCUT2D eigenvalue weighted by atomic mass is 9.94. The van der Waals surface area contributed by atoms with Crippen molar-refractivity contribution in [1.82, 2.24) is 5.32 Å². The lowest BCUT2D eigenvalue weighted by Gasteiger charge is -2.19. The molecule has 1 aliphatic rings. The smallest absolute Gasteiger partial charge is 0.307 e. The van der Waals surface area contributed by atoms with Crippen LogP contribution in [0.4, 0.5) is 0 Å². The van der Waals surface area contributed by atoms with Crippen LogP contribution in [0.5, 0.6) is 11.5 Å². The van der Waals surface area contributed by atoms with Crippen molar-refractivity contribution in [3.8, 4) is 11.5 Å². The highest BCUT2D eigenvalue weighted by molar-refractivity contribution is 6.30. The molecule has 2 aromatic rings. The van der Waals surface area contributed by atoms with Gasteiger partial charge in [-0.25, -0.2) is 0 Å². The third kappa shape index (κ3) is 4.34. The van der Waals surface area contributed by atoms with Crippen LogP contribution in [0.1, 0.15) is 23.7 Å². The molecule has 0 aromatic heterocycles. The molecule has 2 aromatic carbocycles. The van der Waals surface area contributed by atoms with E-state index in [1.807, 2.05) is 12.1 Å². The summed E-state index contributed by atoms with van der Waals surface area (Å²) in [6.07, 6.45) is -0.631. The number of nitrogens with one attached hydrogen (secondary N) is 1. The highest BCUT2D eigenvalue weighted by atomic mass is 35.5. The van der Waals surface area contributed by atoms with Crippen molar-refractivity contribution in [2.24, 2.45) is 5.92 Å². The average Bonchev–Trinajstić information content (AvgIpc) is 3.08. The lowest BCUT2D eigenvalue weighted by Crippen LogP contribution is -2.32. The molecule has 1 saturated heterocycles. The maximum atomic E-state index is 12.7. The number of carbonyl (C=O) groups excluding carboxylic acids is 2. The number of halogens is 1. The zero-order valence-corrected chi connectivity index (χ0v) is 15.8. The molecular formula is C20H20ClNO5. The largest absolute Gasteiger partial charge is 0.493 e. The number of hydrogen-bond donors (Lipinski definition) is 1. The van der Waals surface area contributed by atoms with Gasteiger partial charge in [0.2, 0.25) is 5.91 Å². The molecule has 0 saturated carbocycles. The first-order valence-corrected chi connectivity index (χ1v) is 8.83. The molecule has 0 radical (unpaired) electrons. The van der Waals surface area contributed by atoms with Gasteiger partial charge in [0.05, 0.1) is 26.6 Å². The molecule has 2 atom stereocenters. The van der Waals surface area contributed by atoms with Crippen molar-refractivity contribution >= 4 is 23.5 Å².